The Morgan fingerprint density at radius 2 is 1.04 bits per heavy atom. The highest BCUT2D eigenvalue weighted by atomic mass is 35.5. The fraction of sp³-hybridized carbons (Fsp3) is 0. The van der Waals surface area contributed by atoms with E-state index >= 15 is 0 Å². The van der Waals surface area contributed by atoms with Crippen molar-refractivity contribution in [2.45, 2.75) is 0 Å². The Balaban J connectivity index is 0.000000251. The van der Waals surface area contributed by atoms with Crippen LogP contribution in [0.25, 0.3) is 0 Å². The molecule has 0 saturated carbocycles. The quantitative estimate of drug-likeness (QED) is 0.300. The van der Waals surface area contributed by atoms with Crippen LogP contribution in [0, 0.1) is 40.7 Å². The molecular formula is C14H3Cl2F7O2. The van der Waals surface area contributed by atoms with Gasteiger partial charge in [0.1, 0.15) is 0 Å². The van der Waals surface area contributed by atoms with Crippen LogP contribution in [0.3, 0.4) is 0 Å². The lowest BCUT2D eigenvalue weighted by Gasteiger charge is -2.00. The zero-order valence-corrected chi connectivity index (χ0v) is 13.0. The van der Waals surface area contributed by atoms with Gasteiger partial charge in [0.25, 0.3) is 10.5 Å². The summed E-state index contributed by atoms with van der Waals surface area (Å²) in [5.74, 6) is -12.1. The van der Waals surface area contributed by atoms with E-state index in [4.69, 9.17) is 23.2 Å². The van der Waals surface area contributed by atoms with Crippen LogP contribution in [0.5, 0.6) is 0 Å². The van der Waals surface area contributed by atoms with E-state index in [1.807, 2.05) is 0 Å². The van der Waals surface area contributed by atoms with Crippen molar-refractivity contribution in [1.82, 2.24) is 0 Å². The maximum atomic E-state index is 12.6. The van der Waals surface area contributed by atoms with Crippen molar-refractivity contribution < 1.29 is 40.3 Å². The minimum atomic E-state index is -2.05. The molecule has 0 amide bonds. The van der Waals surface area contributed by atoms with Gasteiger partial charge in [0.2, 0.25) is 0 Å². The molecule has 25 heavy (non-hydrogen) atoms. The van der Waals surface area contributed by atoms with Gasteiger partial charge in [0.15, 0.2) is 40.7 Å². The molecule has 0 unspecified atom stereocenters. The minimum Gasteiger partial charge on any atom is -0.275 e. The van der Waals surface area contributed by atoms with Crippen molar-refractivity contribution >= 4 is 33.7 Å². The van der Waals surface area contributed by atoms with E-state index in [1.165, 1.54) is 0 Å². The second kappa shape index (κ2) is 8.30. The number of carbonyl (C=O) groups excluding carboxylic acids is 2. The van der Waals surface area contributed by atoms with Crippen molar-refractivity contribution in [1.29, 1.82) is 0 Å². The van der Waals surface area contributed by atoms with Crippen molar-refractivity contribution in [2.24, 2.45) is 0 Å². The molecule has 0 fully saturated rings. The van der Waals surface area contributed by atoms with Gasteiger partial charge in [0, 0.05) is 0 Å². The van der Waals surface area contributed by atoms with E-state index in [1.54, 1.807) is 0 Å². The summed E-state index contributed by atoms with van der Waals surface area (Å²) >= 11 is 9.63. The maximum absolute atomic E-state index is 12.6. The van der Waals surface area contributed by atoms with E-state index < -0.39 is 62.3 Å². The van der Waals surface area contributed by atoms with E-state index in [0.717, 1.165) is 6.07 Å². The first-order chi connectivity index (χ1) is 11.5. The molecule has 2 aromatic rings. The summed E-state index contributed by atoms with van der Waals surface area (Å²) in [5.41, 5.74) is -1.70. The van der Waals surface area contributed by atoms with Gasteiger partial charge in [-0.05, 0) is 41.4 Å². The molecule has 0 aliphatic heterocycles. The molecule has 11 heteroatoms. The number of hydrogen-bond donors (Lipinski definition) is 0. The van der Waals surface area contributed by atoms with Crippen molar-refractivity contribution in [3.63, 3.8) is 0 Å². The largest absolute Gasteiger partial charge is 0.275 e. The van der Waals surface area contributed by atoms with Crippen LogP contribution in [0.4, 0.5) is 30.7 Å². The van der Waals surface area contributed by atoms with Gasteiger partial charge >= 0.3 is 0 Å². The topological polar surface area (TPSA) is 34.1 Å². The first-order valence-electron chi connectivity index (χ1n) is 5.85. The fourth-order valence-corrected chi connectivity index (χ4v) is 1.68. The summed E-state index contributed by atoms with van der Waals surface area (Å²) < 4.78 is 86.9. The van der Waals surface area contributed by atoms with Gasteiger partial charge in [-0.3, -0.25) is 9.59 Å². The van der Waals surface area contributed by atoms with Crippen molar-refractivity contribution in [3.8, 4) is 0 Å². The molecule has 0 bridgehead atoms. The molecule has 2 nitrogen and oxygen atoms in total. The summed E-state index contributed by atoms with van der Waals surface area (Å²) in [6, 6.07) is 1.61. The molecular weight excluding hydrogens is 404 g/mol. The lowest BCUT2D eigenvalue weighted by molar-refractivity contribution is 0.106. The van der Waals surface area contributed by atoms with E-state index in [2.05, 4.69) is 0 Å². The van der Waals surface area contributed by atoms with Gasteiger partial charge in [-0.15, -0.1) is 0 Å². The first kappa shape index (κ1) is 20.9. The highest BCUT2D eigenvalue weighted by molar-refractivity contribution is 6.68. The summed E-state index contributed by atoms with van der Waals surface area (Å²) in [6.45, 7) is 0. The summed E-state index contributed by atoms with van der Waals surface area (Å²) in [4.78, 5) is 20.7. The lowest BCUT2D eigenvalue weighted by atomic mass is 10.2. The normalized spacial score (nSPS) is 10.1. The number of carbonyl (C=O) groups is 2. The number of benzene rings is 2. The minimum absolute atomic E-state index is 0.197. The average molecular weight is 407 g/mol. The van der Waals surface area contributed by atoms with Crippen LogP contribution < -0.4 is 0 Å². The third-order valence-corrected chi connectivity index (χ3v) is 2.97. The first-order valence-corrected chi connectivity index (χ1v) is 6.60. The van der Waals surface area contributed by atoms with Crippen LogP contribution in [0.2, 0.25) is 0 Å². The standard InChI is InChI=1S/C7HClF4O.C7H2ClF3O/c8-7(13)2-1-3(9)5(11)6(12)4(2)10;8-7(12)3-1-2-4(9)6(11)5(3)10/h1H;1-2H. The predicted molar refractivity (Wildman–Crippen MR) is 73.0 cm³/mol. The highest BCUT2D eigenvalue weighted by Crippen LogP contribution is 2.20. The van der Waals surface area contributed by atoms with Crippen LogP contribution in [-0.2, 0) is 0 Å². The number of rotatable bonds is 2. The van der Waals surface area contributed by atoms with Crippen LogP contribution in [0.15, 0.2) is 18.2 Å². The Bertz CT molecular complexity index is 856. The maximum Gasteiger partial charge on any atom is 0.255 e. The van der Waals surface area contributed by atoms with Crippen LogP contribution in [-0.4, -0.2) is 10.5 Å². The third kappa shape index (κ3) is 4.70. The zero-order valence-electron chi connectivity index (χ0n) is 11.5. The lowest BCUT2D eigenvalue weighted by Crippen LogP contribution is -2.03. The Morgan fingerprint density at radius 3 is 1.52 bits per heavy atom. The molecule has 0 saturated heterocycles. The summed E-state index contributed by atoms with van der Waals surface area (Å²) in [5, 5.41) is -2.55. The Morgan fingerprint density at radius 1 is 0.600 bits per heavy atom. The fourth-order valence-electron chi connectivity index (χ4n) is 1.39. The zero-order chi connectivity index (χ0) is 19.5. The molecule has 0 aromatic heterocycles. The molecule has 0 atom stereocenters. The van der Waals surface area contributed by atoms with E-state index in [0.29, 0.717) is 6.07 Å². The van der Waals surface area contributed by atoms with Crippen molar-refractivity contribution in [3.05, 3.63) is 70.0 Å². The van der Waals surface area contributed by atoms with Gasteiger partial charge < -0.3 is 0 Å². The molecule has 0 aliphatic rings. The Kier molecular flexibility index (Phi) is 6.95. The van der Waals surface area contributed by atoms with E-state index in [-0.39, 0.29) is 6.07 Å². The third-order valence-electron chi connectivity index (χ3n) is 2.56. The molecule has 2 aromatic carbocycles. The average Bonchev–Trinajstić information content (AvgIpc) is 2.54. The smallest absolute Gasteiger partial charge is 0.255 e. The molecule has 2 rings (SSSR count). The van der Waals surface area contributed by atoms with Crippen LogP contribution >= 0.6 is 23.2 Å². The highest BCUT2D eigenvalue weighted by Gasteiger charge is 2.21. The number of hydrogen-bond acceptors (Lipinski definition) is 2. The van der Waals surface area contributed by atoms with E-state index in [9.17, 15) is 40.3 Å². The molecule has 0 spiro atoms. The second-order valence-electron chi connectivity index (χ2n) is 4.12. The molecule has 0 N–H and O–H groups in total. The Labute approximate surface area is 144 Å². The predicted octanol–water partition coefficient (Wildman–Crippen LogP) is 5.10. The molecule has 134 valence electrons. The molecule has 0 aliphatic carbocycles. The molecule has 0 heterocycles. The summed E-state index contributed by atoms with van der Waals surface area (Å²) in [7, 11) is 0. The van der Waals surface area contributed by atoms with Crippen LogP contribution in [0.1, 0.15) is 20.7 Å². The van der Waals surface area contributed by atoms with Gasteiger partial charge in [-0.1, -0.05) is 0 Å². The Hall–Kier alpha value is -2.13. The monoisotopic (exact) mass is 406 g/mol. The van der Waals surface area contributed by atoms with Gasteiger partial charge in [-0.2, -0.15) is 0 Å². The molecule has 0 radical (unpaired) electrons. The number of halogens is 9. The van der Waals surface area contributed by atoms with Crippen molar-refractivity contribution in [2.75, 3.05) is 0 Å². The summed E-state index contributed by atoms with van der Waals surface area (Å²) in [6.07, 6.45) is 0. The second-order valence-corrected chi connectivity index (χ2v) is 4.80. The SMILES string of the molecule is O=C(Cl)c1cc(F)c(F)c(F)c1F.O=C(Cl)c1ccc(F)c(F)c1F. The van der Waals surface area contributed by atoms with Gasteiger partial charge in [-0.25, -0.2) is 30.7 Å². The van der Waals surface area contributed by atoms with Gasteiger partial charge in [0.05, 0.1) is 11.1 Å².